The van der Waals surface area contributed by atoms with Crippen LogP contribution < -0.4 is 0 Å². The van der Waals surface area contributed by atoms with Gasteiger partial charge in [0.25, 0.3) is 0 Å². The van der Waals surface area contributed by atoms with Gasteiger partial charge in [0.15, 0.2) is 11.6 Å². The quantitative estimate of drug-likeness (QED) is 0.588. The zero-order chi connectivity index (χ0) is 16.0. The molecule has 4 rings (SSSR count). The third-order valence-corrected chi connectivity index (χ3v) is 4.71. The second-order valence-electron chi connectivity index (χ2n) is 6.18. The molecule has 0 amide bonds. The molecule has 0 saturated carbocycles. The van der Waals surface area contributed by atoms with Crippen molar-refractivity contribution < 1.29 is 9.59 Å². The van der Waals surface area contributed by atoms with Crippen molar-refractivity contribution in [3.05, 3.63) is 83.0 Å². The molecule has 2 nitrogen and oxygen atoms in total. The maximum Gasteiger partial charge on any atom is 0.183 e. The Morgan fingerprint density at radius 2 is 1.74 bits per heavy atom. The van der Waals surface area contributed by atoms with E-state index in [0.717, 1.165) is 22.9 Å². The summed E-state index contributed by atoms with van der Waals surface area (Å²) in [6, 6.07) is 12.6. The normalized spacial score (nSPS) is 20.3. The largest absolute Gasteiger partial charge is 0.290 e. The summed E-state index contributed by atoms with van der Waals surface area (Å²) in [5.74, 6) is -0.298. The fourth-order valence-corrected chi connectivity index (χ4v) is 3.55. The summed E-state index contributed by atoms with van der Waals surface area (Å²) in [7, 11) is 0. The molecule has 2 aliphatic carbocycles. The van der Waals surface area contributed by atoms with Crippen molar-refractivity contribution in [2.45, 2.75) is 19.3 Å². The van der Waals surface area contributed by atoms with Crippen LogP contribution in [0.1, 0.15) is 24.0 Å². The molecule has 2 aliphatic rings. The van der Waals surface area contributed by atoms with Gasteiger partial charge in [-0.2, -0.15) is 0 Å². The molecular formula is C21H16O2. The van der Waals surface area contributed by atoms with Crippen molar-refractivity contribution in [2.24, 2.45) is 0 Å². The molecule has 23 heavy (non-hydrogen) atoms. The van der Waals surface area contributed by atoms with Crippen LogP contribution in [-0.2, 0) is 16.0 Å². The van der Waals surface area contributed by atoms with E-state index in [-0.39, 0.29) is 17.5 Å². The van der Waals surface area contributed by atoms with E-state index in [1.807, 2.05) is 19.1 Å². The van der Waals surface area contributed by atoms with Crippen LogP contribution in [0.4, 0.5) is 0 Å². The predicted octanol–water partition coefficient (Wildman–Crippen LogP) is 4.06. The van der Waals surface area contributed by atoms with Crippen molar-refractivity contribution >= 4 is 22.3 Å². The number of ketones is 2. The van der Waals surface area contributed by atoms with Crippen LogP contribution >= 0.6 is 0 Å². The highest BCUT2D eigenvalue weighted by Gasteiger charge is 2.29. The third-order valence-electron chi connectivity index (χ3n) is 4.71. The zero-order valence-electron chi connectivity index (χ0n) is 12.9. The second kappa shape index (κ2) is 5.17. The van der Waals surface area contributed by atoms with Crippen molar-refractivity contribution in [1.29, 1.82) is 0 Å². The number of carbonyl (C=O) groups excluding carboxylic acids is 2. The van der Waals surface area contributed by atoms with Gasteiger partial charge >= 0.3 is 0 Å². The number of hydrogen-bond donors (Lipinski definition) is 0. The highest BCUT2D eigenvalue weighted by atomic mass is 16.1. The first-order chi connectivity index (χ1) is 11.1. The molecule has 2 aromatic rings. The lowest BCUT2D eigenvalue weighted by molar-refractivity contribution is -0.114. The summed E-state index contributed by atoms with van der Waals surface area (Å²) >= 11 is 0. The van der Waals surface area contributed by atoms with Crippen molar-refractivity contribution in [1.82, 2.24) is 0 Å². The standard InChI is InChI=1S/C21H16O2/c1-13-6-7-16-10-14-4-2-3-5-15(14)11-18(16)21(13)19-12-17(22)8-9-20(19)23/h2-6,8-12,21H,7H2,1H3. The molecule has 0 N–H and O–H groups in total. The lowest BCUT2D eigenvalue weighted by atomic mass is 9.75. The smallest absolute Gasteiger partial charge is 0.183 e. The molecule has 2 aromatic carbocycles. The molecule has 112 valence electrons. The van der Waals surface area contributed by atoms with Crippen molar-refractivity contribution in [3.63, 3.8) is 0 Å². The Hall–Kier alpha value is -2.74. The Morgan fingerprint density at radius 3 is 2.52 bits per heavy atom. The molecule has 0 saturated heterocycles. The number of carbonyl (C=O) groups is 2. The SMILES string of the molecule is CC1=CCc2cc3ccccc3cc2C1C1=CC(=O)C=CC1=O. The molecule has 0 fully saturated rings. The summed E-state index contributed by atoms with van der Waals surface area (Å²) < 4.78 is 0. The minimum Gasteiger partial charge on any atom is -0.290 e. The van der Waals surface area contributed by atoms with E-state index in [1.165, 1.54) is 29.2 Å². The maximum absolute atomic E-state index is 12.3. The second-order valence-corrected chi connectivity index (χ2v) is 6.18. The van der Waals surface area contributed by atoms with Crippen LogP contribution in [0.15, 0.2) is 71.8 Å². The first kappa shape index (κ1) is 13.9. The number of fused-ring (bicyclic) bond motifs is 2. The van der Waals surface area contributed by atoms with E-state index in [0.29, 0.717) is 5.57 Å². The number of benzene rings is 2. The van der Waals surface area contributed by atoms with Crippen LogP contribution in [0.2, 0.25) is 0 Å². The highest BCUT2D eigenvalue weighted by Crippen LogP contribution is 2.40. The van der Waals surface area contributed by atoms with E-state index in [4.69, 9.17) is 0 Å². The third kappa shape index (κ3) is 2.27. The Kier molecular flexibility index (Phi) is 3.12. The van der Waals surface area contributed by atoms with E-state index in [2.05, 4.69) is 30.3 Å². The number of allylic oxidation sites excluding steroid dienone is 6. The van der Waals surface area contributed by atoms with E-state index >= 15 is 0 Å². The minimum absolute atomic E-state index is 0.0663. The van der Waals surface area contributed by atoms with Gasteiger partial charge in [-0.25, -0.2) is 0 Å². The van der Waals surface area contributed by atoms with Crippen LogP contribution in [-0.4, -0.2) is 11.6 Å². The molecule has 0 spiro atoms. The molecule has 0 aliphatic heterocycles. The summed E-state index contributed by atoms with van der Waals surface area (Å²) in [5.41, 5.74) is 4.10. The van der Waals surface area contributed by atoms with E-state index in [9.17, 15) is 9.59 Å². The Labute approximate surface area is 134 Å². The van der Waals surface area contributed by atoms with Gasteiger partial charge in [0, 0.05) is 11.5 Å². The molecule has 1 unspecified atom stereocenters. The number of hydrogen-bond acceptors (Lipinski definition) is 2. The van der Waals surface area contributed by atoms with E-state index < -0.39 is 0 Å². The Bertz CT molecular complexity index is 941. The predicted molar refractivity (Wildman–Crippen MR) is 91.4 cm³/mol. The van der Waals surface area contributed by atoms with Crippen molar-refractivity contribution in [2.75, 3.05) is 0 Å². The fourth-order valence-electron chi connectivity index (χ4n) is 3.55. The first-order valence-corrected chi connectivity index (χ1v) is 7.79. The van der Waals surface area contributed by atoms with Crippen LogP contribution in [0.25, 0.3) is 10.8 Å². The molecule has 0 bridgehead atoms. The van der Waals surface area contributed by atoms with Gasteiger partial charge in [0.1, 0.15) is 0 Å². The Morgan fingerprint density at radius 1 is 1.00 bits per heavy atom. The first-order valence-electron chi connectivity index (χ1n) is 7.79. The monoisotopic (exact) mass is 300 g/mol. The lowest BCUT2D eigenvalue weighted by Crippen LogP contribution is -2.19. The minimum atomic E-state index is -0.121. The molecular weight excluding hydrogens is 284 g/mol. The van der Waals surface area contributed by atoms with Crippen LogP contribution in [0.5, 0.6) is 0 Å². The molecule has 2 heteroatoms. The van der Waals surface area contributed by atoms with Gasteiger partial charge in [-0.05, 0) is 59.5 Å². The Balaban J connectivity index is 1.92. The summed E-state index contributed by atoms with van der Waals surface area (Å²) in [5, 5.41) is 2.37. The topological polar surface area (TPSA) is 34.1 Å². The molecule has 0 radical (unpaired) electrons. The van der Waals surface area contributed by atoms with Crippen molar-refractivity contribution in [3.8, 4) is 0 Å². The lowest BCUT2D eigenvalue weighted by Gasteiger charge is -2.28. The van der Waals surface area contributed by atoms with Gasteiger partial charge < -0.3 is 0 Å². The highest BCUT2D eigenvalue weighted by molar-refractivity contribution is 6.18. The maximum atomic E-state index is 12.3. The van der Waals surface area contributed by atoms with Crippen LogP contribution in [0, 0.1) is 0 Å². The average molecular weight is 300 g/mol. The summed E-state index contributed by atoms with van der Waals surface area (Å²) in [6.07, 6.45) is 7.26. The summed E-state index contributed by atoms with van der Waals surface area (Å²) in [6.45, 7) is 2.04. The fraction of sp³-hybridized carbons (Fsp3) is 0.143. The van der Waals surface area contributed by atoms with Crippen LogP contribution in [0.3, 0.4) is 0 Å². The molecule has 0 aromatic heterocycles. The van der Waals surface area contributed by atoms with Gasteiger partial charge in [0.2, 0.25) is 0 Å². The summed E-state index contributed by atoms with van der Waals surface area (Å²) in [4.78, 5) is 24.1. The average Bonchev–Trinajstić information content (AvgIpc) is 2.56. The number of rotatable bonds is 1. The van der Waals surface area contributed by atoms with E-state index in [1.54, 1.807) is 0 Å². The van der Waals surface area contributed by atoms with Gasteiger partial charge in [0.05, 0.1) is 0 Å². The zero-order valence-corrected chi connectivity index (χ0v) is 12.9. The molecule has 0 heterocycles. The van der Waals surface area contributed by atoms with Gasteiger partial charge in [-0.3, -0.25) is 9.59 Å². The molecule has 1 atom stereocenters. The van der Waals surface area contributed by atoms with Gasteiger partial charge in [-0.15, -0.1) is 0 Å². The van der Waals surface area contributed by atoms with Gasteiger partial charge in [-0.1, -0.05) is 42.0 Å².